The number of halogens is 1. The third kappa shape index (κ3) is 6.68. The first-order chi connectivity index (χ1) is 17.9. The average Bonchev–Trinajstić information content (AvgIpc) is 2.90. The lowest BCUT2D eigenvalue weighted by Crippen LogP contribution is -2.18. The Labute approximate surface area is 218 Å². The number of para-hydroxylation sites is 1. The van der Waals surface area contributed by atoms with Crippen LogP contribution < -0.4 is 15.5 Å². The van der Waals surface area contributed by atoms with E-state index in [-0.39, 0.29) is 5.56 Å². The Bertz CT molecular complexity index is 1480. The number of nitrogens with zero attached hydrogens (tertiary/aromatic N) is 1. The predicted octanol–water partition coefficient (Wildman–Crippen LogP) is 5.88. The number of carbonyl (C=O) groups excluding carboxylic acids is 3. The van der Waals surface area contributed by atoms with Crippen molar-refractivity contribution in [2.75, 3.05) is 5.32 Å². The second-order valence-corrected chi connectivity index (χ2v) is 8.41. The van der Waals surface area contributed by atoms with E-state index in [1.165, 1.54) is 12.3 Å². The van der Waals surface area contributed by atoms with E-state index >= 15 is 0 Å². The van der Waals surface area contributed by atoms with Crippen molar-refractivity contribution in [1.82, 2.24) is 5.43 Å². The molecule has 0 spiro atoms. The van der Waals surface area contributed by atoms with Crippen LogP contribution in [0.5, 0.6) is 5.75 Å². The number of ether oxygens (including phenoxy) is 1. The van der Waals surface area contributed by atoms with Crippen LogP contribution in [0.1, 0.15) is 42.2 Å². The molecule has 0 atom stereocenters. The second kappa shape index (κ2) is 11.8. The number of benzene rings is 4. The van der Waals surface area contributed by atoms with E-state index in [2.05, 4.69) is 15.8 Å². The smallest absolute Gasteiger partial charge is 0.343 e. The van der Waals surface area contributed by atoms with Crippen molar-refractivity contribution in [2.45, 2.75) is 6.92 Å². The van der Waals surface area contributed by atoms with Crippen LogP contribution in [0.4, 0.5) is 5.69 Å². The Morgan fingerprint density at radius 3 is 2.32 bits per heavy atom. The Hall–Kier alpha value is -4.75. The first kappa shape index (κ1) is 25.3. The van der Waals surface area contributed by atoms with Gasteiger partial charge in [-0.3, -0.25) is 9.59 Å². The summed E-state index contributed by atoms with van der Waals surface area (Å²) in [5, 5.41) is 7.05. The lowest BCUT2D eigenvalue weighted by atomic mass is 10.1. The van der Waals surface area contributed by atoms with Crippen LogP contribution in [-0.4, -0.2) is 24.0 Å². The summed E-state index contributed by atoms with van der Waals surface area (Å²) in [6.45, 7) is 1.93. The minimum absolute atomic E-state index is 0.285. The molecule has 0 radical (unpaired) electrons. The zero-order valence-electron chi connectivity index (χ0n) is 19.8. The Balaban J connectivity index is 1.40. The van der Waals surface area contributed by atoms with E-state index in [0.29, 0.717) is 33.1 Å². The van der Waals surface area contributed by atoms with Crippen molar-refractivity contribution in [3.63, 3.8) is 0 Å². The van der Waals surface area contributed by atoms with Gasteiger partial charge in [0.2, 0.25) is 0 Å². The standard InChI is InChI=1S/C29H22ClN3O4/c1-19-13-15-20(16-14-19)29(36)37-26-12-5-2-7-22(26)18-31-33-27(34)21-8-6-9-23(17-21)32-28(35)24-10-3-4-11-25(24)30/h2-18H,1H3,(H,32,35)(H,33,34). The first-order valence-corrected chi connectivity index (χ1v) is 11.7. The van der Waals surface area contributed by atoms with Gasteiger partial charge >= 0.3 is 5.97 Å². The van der Waals surface area contributed by atoms with Crippen LogP contribution in [0.3, 0.4) is 0 Å². The number of nitrogens with one attached hydrogen (secondary N) is 2. The van der Waals surface area contributed by atoms with Crippen LogP contribution in [0.2, 0.25) is 5.02 Å². The highest BCUT2D eigenvalue weighted by Crippen LogP contribution is 2.19. The van der Waals surface area contributed by atoms with Gasteiger partial charge in [0.05, 0.1) is 22.4 Å². The zero-order valence-corrected chi connectivity index (χ0v) is 20.5. The fourth-order valence-electron chi connectivity index (χ4n) is 3.34. The lowest BCUT2D eigenvalue weighted by Gasteiger charge is -2.08. The molecule has 0 saturated heterocycles. The van der Waals surface area contributed by atoms with Gasteiger partial charge in [-0.1, -0.05) is 59.6 Å². The highest BCUT2D eigenvalue weighted by Gasteiger charge is 2.13. The lowest BCUT2D eigenvalue weighted by molar-refractivity contribution is 0.0734. The number of aryl methyl sites for hydroxylation is 1. The number of hydrogen-bond acceptors (Lipinski definition) is 5. The summed E-state index contributed by atoms with van der Waals surface area (Å²) in [7, 11) is 0. The Morgan fingerprint density at radius 2 is 1.54 bits per heavy atom. The number of amides is 2. The molecule has 2 amide bonds. The van der Waals surface area contributed by atoms with Crippen molar-refractivity contribution in [2.24, 2.45) is 5.10 Å². The fraction of sp³-hybridized carbons (Fsp3) is 0.0345. The van der Waals surface area contributed by atoms with E-state index in [1.54, 1.807) is 78.9 Å². The molecule has 0 heterocycles. The Morgan fingerprint density at radius 1 is 0.811 bits per heavy atom. The summed E-state index contributed by atoms with van der Waals surface area (Å²) in [6, 6.07) is 27.0. The van der Waals surface area contributed by atoms with E-state index in [9.17, 15) is 14.4 Å². The van der Waals surface area contributed by atoms with Gasteiger partial charge in [0.25, 0.3) is 11.8 Å². The molecule has 4 aromatic carbocycles. The highest BCUT2D eigenvalue weighted by molar-refractivity contribution is 6.34. The predicted molar refractivity (Wildman–Crippen MR) is 143 cm³/mol. The van der Waals surface area contributed by atoms with Gasteiger partial charge in [0.15, 0.2) is 0 Å². The molecule has 37 heavy (non-hydrogen) atoms. The summed E-state index contributed by atoms with van der Waals surface area (Å²) >= 11 is 6.08. The van der Waals surface area contributed by atoms with Gasteiger partial charge in [-0.25, -0.2) is 10.2 Å². The summed E-state index contributed by atoms with van der Waals surface area (Å²) in [5.41, 5.74) is 5.44. The minimum Gasteiger partial charge on any atom is -0.422 e. The van der Waals surface area contributed by atoms with Crippen LogP contribution in [-0.2, 0) is 0 Å². The van der Waals surface area contributed by atoms with E-state index in [0.717, 1.165) is 5.56 Å². The minimum atomic E-state index is -0.500. The van der Waals surface area contributed by atoms with Crippen LogP contribution in [0, 0.1) is 6.92 Å². The number of hydrogen-bond donors (Lipinski definition) is 2. The molecule has 4 aromatic rings. The molecule has 0 aliphatic carbocycles. The third-order valence-corrected chi connectivity index (χ3v) is 5.61. The largest absolute Gasteiger partial charge is 0.422 e. The molecule has 0 unspecified atom stereocenters. The fourth-order valence-corrected chi connectivity index (χ4v) is 3.56. The highest BCUT2D eigenvalue weighted by atomic mass is 35.5. The summed E-state index contributed by atoms with van der Waals surface area (Å²) in [6.07, 6.45) is 1.39. The monoisotopic (exact) mass is 511 g/mol. The molecule has 8 heteroatoms. The number of rotatable bonds is 7. The molecular formula is C29H22ClN3O4. The third-order valence-electron chi connectivity index (χ3n) is 5.28. The van der Waals surface area contributed by atoms with Crippen molar-refractivity contribution in [3.05, 3.63) is 130 Å². The molecule has 0 saturated carbocycles. The Kier molecular flexibility index (Phi) is 8.08. The number of carbonyl (C=O) groups is 3. The maximum absolute atomic E-state index is 12.6. The maximum atomic E-state index is 12.6. The second-order valence-electron chi connectivity index (χ2n) is 8.01. The van der Waals surface area contributed by atoms with Crippen molar-refractivity contribution >= 4 is 41.3 Å². The van der Waals surface area contributed by atoms with Crippen LogP contribution in [0.15, 0.2) is 102 Å². The van der Waals surface area contributed by atoms with Gasteiger partial charge in [0, 0.05) is 16.8 Å². The molecule has 0 aliphatic heterocycles. The van der Waals surface area contributed by atoms with Gasteiger partial charge in [-0.2, -0.15) is 5.10 Å². The average molecular weight is 512 g/mol. The molecule has 0 fully saturated rings. The number of hydrazone groups is 1. The molecule has 7 nitrogen and oxygen atoms in total. The van der Waals surface area contributed by atoms with Crippen LogP contribution >= 0.6 is 11.6 Å². The topological polar surface area (TPSA) is 96.9 Å². The van der Waals surface area contributed by atoms with Gasteiger partial charge in [-0.15, -0.1) is 0 Å². The number of anilines is 1. The van der Waals surface area contributed by atoms with Gasteiger partial charge in [-0.05, 0) is 61.5 Å². The van der Waals surface area contributed by atoms with E-state index in [1.807, 2.05) is 19.1 Å². The van der Waals surface area contributed by atoms with Crippen molar-refractivity contribution in [3.8, 4) is 5.75 Å². The SMILES string of the molecule is Cc1ccc(C(=O)Oc2ccccc2C=NNC(=O)c2cccc(NC(=O)c3ccccc3Cl)c2)cc1. The van der Waals surface area contributed by atoms with E-state index in [4.69, 9.17) is 16.3 Å². The molecule has 184 valence electrons. The van der Waals surface area contributed by atoms with E-state index < -0.39 is 17.8 Å². The molecule has 0 bridgehead atoms. The normalized spacial score (nSPS) is 10.6. The van der Waals surface area contributed by atoms with Crippen molar-refractivity contribution in [1.29, 1.82) is 0 Å². The van der Waals surface area contributed by atoms with Crippen molar-refractivity contribution < 1.29 is 19.1 Å². The molecule has 2 N–H and O–H groups in total. The number of esters is 1. The summed E-state index contributed by atoms with van der Waals surface area (Å²) in [4.78, 5) is 37.6. The zero-order chi connectivity index (χ0) is 26.2. The van der Waals surface area contributed by atoms with Gasteiger partial charge in [0.1, 0.15) is 5.75 Å². The molecular weight excluding hydrogens is 490 g/mol. The molecule has 4 rings (SSSR count). The quantitative estimate of drug-likeness (QED) is 0.140. The van der Waals surface area contributed by atoms with Crippen LogP contribution in [0.25, 0.3) is 0 Å². The summed E-state index contributed by atoms with van der Waals surface area (Å²) in [5.74, 6) is -1.08. The van der Waals surface area contributed by atoms with Gasteiger partial charge < -0.3 is 10.1 Å². The maximum Gasteiger partial charge on any atom is 0.343 e. The molecule has 0 aromatic heterocycles. The molecule has 0 aliphatic rings. The first-order valence-electron chi connectivity index (χ1n) is 11.3. The summed E-state index contributed by atoms with van der Waals surface area (Å²) < 4.78 is 5.52.